The summed E-state index contributed by atoms with van der Waals surface area (Å²) < 4.78 is 0. The Morgan fingerprint density at radius 1 is 1.04 bits per heavy atom. The molecule has 0 fully saturated rings. The lowest BCUT2D eigenvalue weighted by molar-refractivity contribution is 0.102. The maximum Gasteiger partial charge on any atom is 0.259 e. The van der Waals surface area contributed by atoms with Crippen molar-refractivity contribution in [1.29, 1.82) is 0 Å². The third kappa shape index (κ3) is 4.10. The van der Waals surface area contributed by atoms with Crippen molar-refractivity contribution in [3.63, 3.8) is 0 Å². The van der Waals surface area contributed by atoms with Gasteiger partial charge in [-0.15, -0.1) is 0 Å². The Labute approximate surface area is 148 Å². The van der Waals surface area contributed by atoms with Crippen molar-refractivity contribution in [2.45, 2.75) is 27.2 Å². The van der Waals surface area contributed by atoms with Crippen LogP contribution in [0.15, 0.2) is 54.7 Å². The topological polar surface area (TPSA) is 54.9 Å². The molecule has 0 aliphatic carbocycles. The van der Waals surface area contributed by atoms with Crippen molar-refractivity contribution >= 4 is 11.6 Å². The molecule has 4 heteroatoms. The number of hydrogen-bond donors (Lipinski definition) is 1. The van der Waals surface area contributed by atoms with E-state index >= 15 is 0 Å². The van der Waals surface area contributed by atoms with E-state index in [4.69, 9.17) is 0 Å². The van der Waals surface area contributed by atoms with Gasteiger partial charge in [0, 0.05) is 18.3 Å². The third-order valence-corrected chi connectivity index (χ3v) is 4.11. The van der Waals surface area contributed by atoms with Crippen LogP contribution in [0.4, 0.5) is 5.69 Å². The molecule has 1 amide bonds. The Morgan fingerprint density at radius 2 is 1.80 bits per heavy atom. The lowest BCUT2D eigenvalue weighted by Crippen LogP contribution is -2.16. The lowest BCUT2D eigenvalue weighted by Gasteiger charge is -2.11. The van der Waals surface area contributed by atoms with Gasteiger partial charge in [0.25, 0.3) is 5.91 Å². The van der Waals surface area contributed by atoms with Gasteiger partial charge in [-0.2, -0.15) is 0 Å². The highest BCUT2D eigenvalue weighted by Gasteiger charge is 2.13. The van der Waals surface area contributed by atoms with E-state index in [1.165, 1.54) is 5.56 Å². The van der Waals surface area contributed by atoms with E-state index in [9.17, 15) is 4.79 Å². The van der Waals surface area contributed by atoms with Crippen molar-refractivity contribution in [1.82, 2.24) is 9.97 Å². The second kappa shape index (κ2) is 7.26. The van der Waals surface area contributed by atoms with E-state index in [1.54, 1.807) is 6.20 Å². The molecule has 1 N–H and O–H groups in total. The van der Waals surface area contributed by atoms with Crippen LogP contribution in [0.5, 0.6) is 0 Å². The van der Waals surface area contributed by atoms with E-state index in [0.29, 0.717) is 23.5 Å². The van der Waals surface area contributed by atoms with Gasteiger partial charge >= 0.3 is 0 Å². The summed E-state index contributed by atoms with van der Waals surface area (Å²) in [5.41, 5.74) is 5.34. The summed E-state index contributed by atoms with van der Waals surface area (Å²) in [6.45, 7) is 5.85. The summed E-state index contributed by atoms with van der Waals surface area (Å²) in [6.07, 6.45) is 2.26. The number of carbonyl (C=O) groups excluding carboxylic acids is 1. The highest BCUT2D eigenvalue weighted by atomic mass is 16.1. The zero-order valence-electron chi connectivity index (χ0n) is 14.7. The van der Waals surface area contributed by atoms with Gasteiger partial charge in [-0.3, -0.25) is 4.79 Å². The molecule has 2 aromatic carbocycles. The lowest BCUT2D eigenvalue weighted by atomic mass is 10.1. The first-order chi connectivity index (χ1) is 12.0. The largest absolute Gasteiger partial charge is 0.322 e. The van der Waals surface area contributed by atoms with Crippen LogP contribution >= 0.6 is 0 Å². The predicted molar refractivity (Wildman–Crippen MR) is 99.9 cm³/mol. The number of amides is 1. The maximum atomic E-state index is 12.6. The Balaban J connectivity index is 1.77. The quantitative estimate of drug-likeness (QED) is 0.778. The minimum atomic E-state index is -0.185. The molecule has 0 atom stereocenters. The van der Waals surface area contributed by atoms with Crippen molar-refractivity contribution in [2.75, 3.05) is 5.32 Å². The number of aromatic nitrogens is 2. The van der Waals surface area contributed by atoms with E-state index in [2.05, 4.69) is 15.3 Å². The minimum absolute atomic E-state index is 0.185. The van der Waals surface area contributed by atoms with Crippen molar-refractivity contribution < 1.29 is 4.79 Å². The Bertz CT molecular complexity index is 904. The minimum Gasteiger partial charge on any atom is -0.322 e. The first kappa shape index (κ1) is 16.8. The molecular weight excluding hydrogens is 310 g/mol. The predicted octanol–water partition coefficient (Wildman–Crippen LogP) is 4.24. The first-order valence-electron chi connectivity index (χ1n) is 8.28. The molecule has 0 aliphatic heterocycles. The molecule has 0 saturated heterocycles. The number of benzene rings is 2. The van der Waals surface area contributed by atoms with Crippen molar-refractivity contribution in [3.8, 4) is 0 Å². The summed E-state index contributed by atoms with van der Waals surface area (Å²) in [5.74, 6) is 0.530. The molecule has 126 valence electrons. The number of anilines is 1. The fraction of sp³-hybridized carbons (Fsp3) is 0.190. The van der Waals surface area contributed by atoms with Crippen LogP contribution in [-0.2, 0) is 6.42 Å². The monoisotopic (exact) mass is 331 g/mol. The number of rotatable bonds is 4. The molecule has 1 aromatic heterocycles. The molecule has 0 spiro atoms. The molecule has 3 aromatic rings. The molecule has 0 bridgehead atoms. The van der Waals surface area contributed by atoms with Gasteiger partial charge < -0.3 is 5.32 Å². The summed E-state index contributed by atoms with van der Waals surface area (Å²) >= 11 is 0. The van der Waals surface area contributed by atoms with Crippen LogP contribution in [0, 0.1) is 20.8 Å². The SMILES string of the molecule is Cc1ccc(NC(=O)c2cnc(Cc3ccccc3)nc2C)c(C)c1. The van der Waals surface area contributed by atoms with Gasteiger partial charge in [0.15, 0.2) is 0 Å². The summed E-state index contributed by atoms with van der Waals surface area (Å²) in [6, 6.07) is 16.0. The van der Waals surface area contributed by atoms with Gasteiger partial charge in [-0.05, 0) is 38.0 Å². The molecule has 1 heterocycles. The smallest absolute Gasteiger partial charge is 0.259 e. The van der Waals surface area contributed by atoms with Gasteiger partial charge in [-0.1, -0.05) is 48.0 Å². The fourth-order valence-electron chi connectivity index (χ4n) is 2.75. The molecule has 25 heavy (non-hydrogen) atoms. The number of carbonyl (C=O) groups is 1. The molecule has 0 unspecified atom stereocenters. The summed E-state index contributed by atoms with van der Waals surface area (Å²) in [7, 11) is 0. The number of nitrogens with one attached hydrogen (secondary N) is 1. The number of aryl methyl sites for hydroxylation is 3. The Hall–Kier alpha value is -3.01. The molecular formula is C21H21N3O. The van der Waals surface area contributed by atoms with Crippen LogP contribution < -0.4 is 5.32 Å². The maximum absolute atomic E-state index is 12.6. The van der Waals surface area contributed by atoms with Gasteiger partial charge in [0.05, 0.1) is 11.3 Å². The average molecular weight is 331 g/mol. The zero-order chi connectivity index (χ0) is 17.8. The zero-order valence-corrected chi connectivity index (χ0v) is 14.7. The highest BCUT2D eigenvalue weighted by Crippen LogP contribution is 2.18. The average Bonchev–Trinajstić information content (AvgIpc) is 2.58. The van der Waals surface area contributed by atoms with E-state index in [0.717, 1.165) is 16.8 Å². The Kier molecular flexibility index (Phi) is 4.89. The first-order valence-corrected chi connectivity index (χ1v) is 8.28. The third-order valence-electron chi connectivity index (χ3n) is 4.11. The number of hydrogen-bond acceptors (Lipinski definition) is 3. The highest BCUT2D eigenvalue weighted by molar-refractivity contribution is 6.05. The molecule has 3 rings (SSSR count). The van der Waals surface area contributed by atoms with Crippen LogP contribution in [0.3, 0.4) is 0 Å². The van der Waals surface area contributed by atoms with Crippen LogP contribution in [-0.4, -0.2) is 15.9 Å². The van der Waals surface area contributed by atoms with Crippen LogP contribution in [0.1, 0.15) is 38.6 Å². The van der Waals surface area contributed by atoms with E-state index in [1.807, 2.05) is 69.3 Å². The standard InChI is InChI=1S/C21H21N3O/c1-14-9-10-19(15(2)11-14)24-21(25)18-13-22-20(23-16(18)3)12-17-7-5-4-6-8-17/h4-11,13H,12H2,1-3H3,(H,24,25). The normalized spacial score (nSPS) is 10.5. The van der Waals surface area contributed by atoms with E-state index in [-0.39, 0.29) is 5.91 Å². The van der Waals surface area contributed by atoms with Crippen LogP contribution in [0.25, 0.3) is 0 Å². The second-order valence-electron chi connectivity index (χ2n) is 6.22. The van der Waals surface area contributed by atoms with Gasteiger partial charge in [-0.25, -0.2) is 9.97 Å². The molecule has 0 saturated carbocycles. The summed E-state index contributed by atoms with van der Waals surface area (Å²) in [4.78, 5) is 21.4. The fourth-order valence-corrected chi connectivity index (χ4v) is 2.75. The second-order valence-corrected chi connectivity index (χ2v) is 6.22. The number of nitrogens with zero attached hydrogens (tertiary/aromatic N) is 2. The van der Waals surface area contributed by atoms with E-state index < -0.39 is 0 Å². The Morgan fingerprint density at radius 3 is 2.48 bits per heavy atom. The van der Waals surface area contributed by atoms with Gasteiger partial charge in [0.1, 0.15) is 5.82 Å². The van der Waals surface area contributed by atoms with Crippen LogP contribution in [0.2, 0.25) is 0 Å². The van der Waals surface area contributed by atoms with Crippen molar-refractivity contribution in [2.24, 2.45) is 0 Å². The van der Waals surface area contributed by atoms with Crippen molar-refractivity contribution in [3.05, 3.63) is 88.5 Å². The summed E-state index contributed by atoms with van der Waals surface area (Å²) in [5, 5.41) is 2.94. The molecule has 4 nitrogen and oxygen atoms in total. The molecule has 0 radical (unpaired) electrons. The molecule has 0 aliphatic rings. The van der Waals surface area contributed by atoms with Gasteiger partial charge in [0.2, 0.25) is 0 Å².